The molecule has 1 fully saturated rings. The molecule has 0 spiro atoms. The maximum Gasteiger partial charge on any atom is 0.0540 e. The van der Waals surface area contributed by atoms with Crippen LogP contribution in [0.1, 0.15) is 66.7 Å². The minimum Gasteiger partial charge on any atom is -0.310 e. The summed E-state index contributed by atoms with van der Waals surface area (Å²) in [6.45, 7) is 0. The fourth-order valence-electron chi connectivity index (χ4n) is 13.6. The molecule has 0 aliphatic heterocycles. The highest BCUT2D eigenvalue weighted by Crippen LogP contribution is 2.58. The minimum absolute atomic E-state index is 0.271. The zero-order valence-electron chi connectivity index (χ0n) is 41.7. The molecule has 0 heterocycles. The van der Waals surface area contributed by atoms with E-state index >= 15 is 0 Å². The molecule has 0 radical (unpaired) electrons. The fraction of sp³-hybridized carbons (Fsp3) is 0.123. The van der Waals surface area contributed by atoms with E-state index in [0.717, 1.165) is 23.5 Å². The summed E-state index contributed by atoms with van der Waals surface area (Å²) in [6.07, 6.45) is 16.7. The van der Waals surface area contributed by atoms with Crippen molar-refractivity contribution in [3.05, 3.63) is 283 Å². The lowest BCUT2D eigenvalue weighted by Gasteiger charge is -2.39. The van der Waals surface area contributed by atoms with Crippen LogP contribution in [0.4, 0.5) is 17.1 Å². The van der Waals surface area contributed by atoms with E-state index in [0.29, 0.717) is 5.92 Å². The van der Waals surface area contributed by atoms with E-state index in [4.69, 9.17) is 0 Å². The third-order valence-electron chi connectivity index (χ3n) is 16.9. The Morgan fingerprint density at radius 1 is 0.392 bits per heavy atom. The molecule has 11 aromatic rings. The van der Waals surface area contributed by atoms with Crippen molar-refractivity contribution in [3.8, 4) is 44.5 Å². The monoisotopic (exact) mass is 947 g/mol. The van der Waals surface area contributed by atoms with Crippen molar-refractivity contribution in [1.29, 1.82) is 0 Å². The topological polar surface area (TPSA) is 3.24 Å². The van der Waals surface area contributed by atoms with Crippen molar-refractivity contribution >= 4 is 49.4 Å². The van der Waals surface area contributed by atoms with Gasteiger partial charge >= 0.3 is 0 Å². The Labute approximate surface area is 435 Å². The summed E-state index contributed by atoms with van der Waals surface area (Å²) < 4.78 is 0. The summed E-state index contributed by atoms with van der Waals surface area (Å²) in [4.78, 5) is 2.51. The average molecular weight is 948 g/mol. The van der Waals surface area contributed by atoms with E-state index in [1.165, 1.54) is 131 Å². The first-order valence-electron chi connectivity index (χ1n) is 26.9. The second-order valence-corrected chi connectivity index (χ2v) is 20.9. The third-order valence-corrected chi connectivity index (χ3v) is 16.9. The van der Waals surface area contributed by atoms with Crippen LogP contribution in [0.3, 0.4) is 0 Å². The largest absolute Gasteiger partial charge is 0.310 e. The summed E-state index contributed by atoms with van der Waals surface area (Å²) in [5.41, 5.74) is 18.7. The molecule has 0 N–H and O–H groups in total. The molecule has 14 rings (SSSR count). The van der Waals surface area contributed by atoms with Gasteiger partial charge in [-0.15, -0.1) is 0 Å². The van der Waals surface area contributed by atoms with Gasteiger partial charge in [-0.05, 0) is 161 Å². The van der Waals surface area contributed by atoms with Gasteiger partial charge in [0.05, 0.1) is 11.1 Å². The number of hydrogen-bond donors (Lipinski definition) is 0. The number of rotatable bonds is 9. The zero-order chi connectivity index (χ0) is 49.0. The molecule has 0 saturated heterocycles. The highest BCUT2D eigenvalue weighted by molar-refractivity contribution is 6.12. The summed E-state index contributed by atoms with van der Waals surface area (Å²) in [6, 6.07) is 89.4. The average Bonchev–Trinajstić information content (AvgIpc) is 3.79. The van der Waals surface area contributed by atoms with E-state index in [1.54, 1.807) is 0 Å². The van der Waals surface area contributed by atoms with Gasteiger partial charge in [-0.25, -0.2) is 0 Å². The Morgan fingerprint density at radius 3 is 1.95 bits per heavy atom. The number of nitrogens with zero attached hydrogens (tertiary/aromatic N) is 1. The van der Waals surface area contributed by atoms with Crippen molar-refractivity contribution in [2.45, 2.75) is 49.9 Å². The quantitative estimate of drug-likeness (QED) is 0.130. The van der Waals surface area contributed by atoms with Crippen molar-refractivity contribution in [3.63, 3.8) is 0 Å². The van der Waals surface area contributed by atoms with E-state index in [1.807, 2.05) is 0 Å². The molecule has 11 aromatic carbocycles. The lowest BCUT2D eigenvalue weighted by atomic mass is 9.62. The van der Waals surface area contributed by atoms with Crippen LogP contribution in [-0.2, 0) is 5.41 Å². The molecule has 74 heavy (non-hydrogen) atoms. The molecule has 3 aliphatic rings. The molecule has 1 nitrogen and oxygen atoms in total. The van der Waals surface area contributed by atoms with Gasteiger partial charge < -0.3 is 4.90 Å². The van der Waals surface area contributed by atoms with Crippen LogP contribution < -0.4 is 4.90 Å². The molecule has 1 saturated carbocycles. The number of benzene rings is 11. The van der Waals surface area contributed by atoms with Gasteiger partial charge in [-0.3, -0.25) is 0 Å². The predicted octanol–water partition coefficient (Wildman–Crippen LogP) is 20.1. The lowest BCUT2D eigenvalue weighted by molar-refractivity contribution is 0.445. The Bertz CT molecular complexity index is 3980. The zero-order valence-corrected chi connectivity index (χ0v) is 41.7. The van der Waals surface area contributed by atoms with Gasteiger partial charge in [0.2, 0.25) is 0 Å². The van der Waals surface area contributed by atoms with Crippen LogP contribution >= 0.6 is 0 Å². The highest BCUT2D eigenvalue weighted by Gasteiger charge is 2.49. The molecular formula is C73H57N. The fourth-order valence-corrected chi connectivity index (χ4v) is 13.6. The van der Waals surface area contributed by atoms with Gasteiger partial charge in [0.1, 0.15) is 0 Å². The number of hydrogen-bond acceptors (Lipinski definition) is 1. The third kappa shape index (κ3) is 7.28. The van der Waals surface area contributed by atoms with Crippen LogP contribution in [0, 0.1) is 5.92 Å². The van der Waals surface area contributed by atoms with Gasteiger partial charge in [-0.2, -0.15) is 0 Å². The number of allylic oxidation sites excluding steroid dienone is 4. The normalized spacial score (nSPS) is 17.2. The second-order valence-electron chi connectivity index (χ2n) is 20.9. The molecule has 0 amide bonds. The van der Waals surface area contributed by atoms with Gasteiger partial charge in [0, 0.05) is 16.9 Å². The molecule has 1 heteroatoms. The molecule has 354 valence electrons. The molecule has 0 bridgehead atoms. The number of fused-ring (bicyclic) bond motifs is 7. The predicted molar refractivity (Wildman–Crippen MR) is 314 cm³/mol. The number of para-hydroxylation sites is 1. The van der Waals surface area contributed by atoms with Crippen LogP contribution in [0.15, 0.2) is 261 Å². The molecule has 0 aromatic heterocycles. The SMILES string of the molecule is C1=CCC(C2(c3ccccc3)c3ccccc3-c3ccc(-c4ccc(N(c5cccc(-c6cccc7c6ccc6ccccc67)c5)c5ccccc5-c5cccc6cccc(C7CCCCC7)c56)cc4)cc32)C=C1. The van der Waals surface area contributed by atoms with Gasteiger partial charge in [0.15, 0.2) is 0 Å². The van der Waals surface area contributed by atoms with Crippen LogP contribution in [0.25, 0.3) is 76.8 Å². The molecule has 3 aliphatic carbocycles. The van der Waals surface area contributed by atoms with Crippen molar-refractivity contribution in [1.82, 2.24) is 0 Å². The molecule has 2 unspecified atom stereocenters. The summed E-state index contributed by atoms with van der Waals surface area (Å²) in [7, 11) is 0. The summed E-state index contributed by atoms with van der Waals surface area (Å²) in [5, 5.41) is 7.78. The van der Waals surface area contributed by atoms with E-state index < -0.39 is 0 Å². The first-order valence-corrected chi connectivity index (χ1v) is 26.9. The van der Waals surface area contributed by atoms with Crippen molar-refractivity contribution in [2.24, 2.45) is 5.92 Å². The Kier molecular flexibility index (Phi) is 11.1. The van der Waals surface area contributed by atoms with Gasteiger partial charge in [0.25, 0.3) is 0 Å². The highest BCUT2D eigenvalue weighted by atomic mass is 15.1. The van der Waals surface area contributed by atoms with E-state index in [9.17, 15) is 0 Å². The standard InChI is InChI=1S/C73H57N/c1-4-20-51(21-5-1)62-35-17-23-53-24-18-37-68(72(53)62)67-33-13-15-39-71(67)74(59-30-16-25-55(48-59)61-34-19-36-63-60-31-11-10-22-52(60)42-46-64(61)63)58-44-40-50(41-45-58)54-43-47-66-65-32-12-14-38-69(65)73(70(66)49-54,56-26-6-2-7-27-56)57-28-8-3-9-29-57/h2-3,6-19,22-28,30-49,51,57H,1,4-5,20-21,29H2. The first-order chi connectivity index (χ1) is 36.7. The van der Waals surface area contributed by atoms with Crippen LogP contribution in [-0.4, -0.2) is 0 Å². The summed E-state index contributed by atoms with van der Waals surface area (Å²) in [5.74, 6) is 0.842. The second kappa shape index (κ2) is 18.5. The maximum atomic E-state index is 2.51. The molecule has 2 atom stereocenters. The van der Waals surface area contributed by atoms with Gasteiger partial charge in [-0.1, -0.05) is 244 Å². The van der Waals surface area contributed by atoms with Crippen molar-refractivity contribution in [2.75, 3.05) is 4.90 Å². The smallest absolute Gasteiger partial charge is 0.0540 e. The van der Waals surface area contributed by atoms with E-state index in [-0.39, 0.29) is 11.3 Å². The van der Waals surface area contributed by atoms with E-state index in [2.05, 4.69) is 266 Å². The molecular weight excluding hydrogens is 891 g/mol. The Balaban J connectivity index is 0.934. The van der Waals surface area contributed by atoms with Crippen LogP contribution in [0.5, 0.6) is 0 Å². The van der Waals surface area contributed by atoms with Crippen molar-refractivity contribution < 1.29 is 0 Å². The van der Waals surface area contributed by atoms with Crippen LogP contribution in [0.2, 0.25) is 0 Å². The summed E-state index contributed by atoms with van der Waals surface area (Å²) >= 11 is 0. The Morgan fingerprint density at radius 2 is 1.08 bits per heavy atom. The lowest BCUT2D eigenvalue weighted by Crippen LogP contribution is -2.35. The number of anilines is 3. The maximum absolute atomic E-state index is 2.51. The minimum atomic E-state index is -0.328. The Hall–Kier alpha value is -8.52. The first kappa shape index (κ1) is 44.2.